The first-order chi connectivity index (χ1) is 7.54. The lowest BCUT2D eigenvalue weighted by Crippen LogP contribution is -2.12. The van der Waals surface area contributed by atoms with E-state index in [1.807, 2.05) is 13.8 Å². The first-order valence-corrected chi connectivity index (χ1v) is 7.79. The molecule has 16 heavy (non-hydrogen) atoms. The van der Waals surface area contributed by atoms with Crippen LogP contribution < -0.4 is 0 Å². The fraction of sp³-hybridized carbons (Fsp3) is 1.00. The largest absolute Gasteiger partial charge is 0.330 e. The summed E-state index contributed by atoms with van der Waals surface area (Å²) < 4.78 is 22.5. The van der Waals surface area contributed by atoms with Crippen LogP contribution in [0.5, 0.6) is 0 Å². The molecule has 98 valence electrons. The van der Waals surface area contributed by atoms with Gasteiger partial charge in [0.15, 0.2) is 0 Å². The summed E-state index contributed by atoms with van der Waals surface area (Å²) in [6.45, 7) is 5.67. The van der Waals surface area contributed by atoms with Crippen molar-refractivity contribution in [1.29, 1.82) is 0 Å². The van der Waals surface area contributed by atoms with Gasteiger partial charge in [-0.25, -0.2) is 0 Å². The zero-order valence-corrected chi connectivity index (χ0v) is 12.0. The van der Waals surface area contributed by atoms with E-state index in [1.165, 1.54) is 0 Å². The van der Waals surface area contributed by atoms with Gasteiger partial charge in [0.2, 0.25) is 0 Å². The molecule has 0 saturated heterocycles. The summed E-state index contributed by atoms with van der Waals surface area (Å²) in [6.07, 6.45) is 3.65. The lowest BCUT2D eigenvalue weighted by Gasteiger charge is -2.16. The van der Waals surface area contributed by atoms with Gasteiger partial charge in [-0.05, 0) is 47.3 Å². The molecule has 0 amide bonds. The van der Waals surface area contributed by atoms with Crippen LogP contribution in [-0.4, -0.2) is 44.9 Å². The minimum Gasteiger partial charge on any atom is -0.309 e. The third-order valence-corrected chi connectivity index (χ3v) is 4.36. The van der Waals surface area contributed by atoms with Gasteiger partial charge in [0, 0.05) is 0 Å². The molecule has 0 aliphatic carbocycles. The van der Waals surface area contributed by atoms with Gasteiger partial charge in [-0.15, -0.1) is 0 Å². The molecule has 0 aromatic heterocycles. The molecule has 0 rings (SSSR count). The molecule has 0 spiro atoms. The predicted molar refractivity (Wildman–Crippen MR) is 68.1 cm³/mol. The first kappa shape index (κ1) is 16.1. The second kappa shape index (κ2) is 9.17. The van der Waals surface area contributed by atoms with E-state index in [2.05, 4.69) is 19.0 Å². The van der Waals surface area contributed by atoms with Crippen molar-refractivity contribution in [3.63, 3.8) is 0 Å². The van der Waals surface area contributed by atoms with E-state index in [0.717, 1.165) is 25.8 Å². The van der Waals surface area contributed by atoms with E-state index >= 15 is 0 Å². The first-order valence-electron chi connectivity index (χ1n) is 6.07. The van der Waals surface area contributed by atoms with Crippen molar-refractivity contribution in [2.45, 2.75) is 33.1 Å². The molecule has 0 atom stereocenters. The molecule has 0 aromatic rings. The normalized spacial score (nSPS) is 12.3. The third-order valence-electron chi connectivity index (χ3n) is 2.19. The summed E-state index contributed by atoms with van der Waals surface area (Å²) in [7, 11) is 1.32. The summed E-state index contributed by atoms with van der Waals surface area (Å²) >= 11 is 0. The monoisotopic (exact) mass is 251 g/mol. The van der Waals surface area contributed by atoms with Gasteiger partial charge in [0.05, 0.1) is 19.4 Å². The van der Waals surface area contributed by atoms with Crippen molar-refractivity contribution in [3.05, 3.63) is 0 Å². The van der Waals surface area contributed by atoms with Gasteiger partial charge in [-0.2, -0.15) is 0 Å². The second-order valence-electron chi connectivity index (χ2n) is 4.03. The fourth-order valence-corrected chi connectivity index (χ4v) is 3.20. The average molecular weight is 251 g/mol. The quantitative estimate of drug-likeness (QED) is 0.442. The molecule has 0 N–H and O–H groups in total. The summed E-state index contributed by atoms with van der Waals surface area (Å²) in [4.78, 5) is 2.16. The van der Waals surface area contributed by atoms with Gasteiger partial charge in [0.25, 0.3) is 0 Å². The lowest BCUT2D eigenvalue weighted by molar-refractivity contribution is 0.219. The van der Waals surface area contributed by atoms with E-state index in [9.17, 15) is 4.57 Å². The maximum atomic E-state index is 12.1. The van der Waals surface area contributed by atoms with Crippen LogP contribution in [0, 0.1) is 0 Å². The summed E-state index contributed by atoms with van der Waals surface area (Å²) in [5, 5.41) is 0. The molecular formula is C11H26NO3P. The zero-order valence-electron chi connectivity index (χ0n) is 11.1. The Kier molecular flexibility index (Phi) is 9.24. The Bertz CT molecular complexity index is 199. The Balaban J connectivity index is 3.72. The summed E-state index contributed by atoms with van der Waals surface area (Å²) in [5.41, 5.74) is 0. The minimum atomic E-state index is -2.80. The van der Waals surface area contributed by atoms with Crippen molar-refractivity contribution < 1.29 is 13.6 Å². The predicted octanol–water partition coefficient (Wildman–Crippen LogP) is 2.98. The molecule has 0 saturated carbocycles. The average Bonchev–Trinajstić information content (AvgIpc) is 2.17. The van der Waals surface area contributed by atoms with Gasteiger partial charge >= 0.3 is 7.60 Å². The molecular weight excluding hydrogens is 225 g/mol. The molecule has 5 heteroatoms. The third kappa shape index (κ3) is 8.28. The van der Waals surface area contributed by atoms with Crippen molar-refractivity contribution in [2.24, 2.45) is 0 Å². The second-order valence-corrected chi connectivity index (χ2v) is 6.22. The zero-order chi connectivity index (χ0) is 12.4. The summed E-state index contributed by atoms with van der Waals surface area (Å²) in [5.74, 6) is 0. The fourth-order valence-electron chi connectivity index (χ4n) is 1.47. The van der Waals surface area contributed by atoms with E-state index in [1.54, 1.807) is 0 Å². The number of hydrogen-bond donors (Lipinski definition) is 0. The Morgan fingerprint density at radius 2 is 1.56 bits per heavy atom. The highest BCUT2D eigenvalue weighted by Crippen LogP contribution is 2.48. The Hall–Kier alpha value is 0.110. The molecule has 0 aliphatic heterocycles. The number of nitrogens with zero attached hydrogens (tertiary/aromatic N) is 1. The van der Waals surface area contributed by atoms with Crippen molar-refractivity contribution in [2.75, 3.05) is 40.0 Å². The number of unbranched alkanes of at least 4 members (excludes halogenated alkanes) is 2. The van der Waals surface area contributed by atoms with Gasteiger partial charge < -0.3 is 13.9 Å². The Labute approximate surface area is 99.8 Å². The topological polar surface area (TPSA) is 38.8 Å². The molecule has 4 nitrogen and oxygen atoms in total. The SMILES string of the molecule is CCOP(=O)(CCCCCN(C)C)OCC. The number of hydrogen-bond acceptors (Lipinski definition) is 4. The summed E-state index contributed by atoms with van der Waals surface area (Å²) in [6, 6.07) is 0. The van der Waals surface area contributed by atoms with Gasteiger partial charge in [-0.3, -0.25) is 4.57 Å². The Morgan fingerprint density at radius 3 is 2.00 bits per heavy atom. The number of rotatable bonds is 10. The lowest BCUT2D eigenvalue weighted by atomic mass is 10.2. The van der Waals surface area contributed by atoms with Crippen LogP contribution in [0.1, 0.15) is 33.1 Å². The van der Waals surface area contributed by atoms with Crippen molar-refractivity contribution in [1.82, 2.24) is 4.90 Å². The molecule has 0 heterocycles. The van der Waals surface area contributed by atoms with Crippen LogP contribution in [0.15, 0.2) is 0 Å². The van der Waals surface area contributed by atoms with Gasteiger partial charge in [-0.1, -0.05) is 6.42 Å². The van der Waals surface area contributed by atoms with Crippen LogP contribution in [-0.2, 0) is 13.6 Å². The molecule has 0 aliphatic rings. The standard InChI is InChI=1S/C11H26NO3P/c1-5-14-16(13,15-6-2)11-9-7-8-10-12(3)4/h5-11H2,1-4H3. The van der Waals surface area contributed by atoms with Crippen LogP contribution >= 0.6 is 7.60 Å². The highest BCUT2D eigenvalue weighted by atomic mass is 31.2. The smallest absolute Gasteiger partial charge is 0.309 e. The van der Waals surface area contributed by atoms with E-state index < -0.39 is 7.60 Å². The maximum Gasteiger partial charge on any atom is 0.330 e. The molecule has 0 unspecified atom stereocenters. The van der Waals surface area contributed by atoms with E-state index in [4.69, 9.17) is 9.05 Å². The Morgan fingerprint density at radius 1 is 1.00 bits per heavy atom. The van der Waals surface area contributed by atoms with E-state index in [-0.39, 0.29) is 0 Å². The minimum absolute atomic E-state index is 0.453. The van der Waals surface area contributed by atoms with Gasteiger partial charge in [0.1, 0.15) is 0 Å². The highest BCUT2D eigenvalue weighted by Gasteiger charge is 2.22. The molecule has 0 fully saturated rings. The molecule has 0 bridgehead atoms. The van der Waals surface area contributed by atoms with Crippen molar-refractivity contribution >= 4 is 7.60 Å². The highest BCUT2D eigenvalue weighted by molar-refractivity contribution is 7.53. The van der Waals surface area contributed by atoms with Crippen LogP contribution in [0.4, 0.5) is 0 Å². The van der Waals surface area contributed by atoms with Crippen LogP contribution in [0.25, 0.3) is 0 Å². The molecule has 0 aromatic carbocycles. The van der Waals surface area contributed by atoms with Crippen LogP contribution in [0.2, 0.25) is 0 Å². The van der Waals surface area contributed by atoms with E-state index in [0.29, 0.717) is 19.4 Å². The van der Waals surface area contributed by atoms with Crippen molar-refractivity contribution in [3.8, 4) is 0 Å². The van der Waals surface area contributed by atoms with Crippen LogP contribution in [0.3, 0.4) is 0 Å². The molecule has 0 radical (unpaired) electrons. The maximum absolute atomic E-state index is 12.1.